The maximum absolute atomic E-state index is 5.34. The van der Waals surface area contributed by atoms with E-state index in [1.165, 1.54) is 30.0 Å². The van der Waals surface area contributed by atoms with Gasteiger partial charge in [0.2, 0.25) is 0 Å². The van der Waals surface area contributed by atoms with Gasteiger partial charge in [-0.3, -0.25) is 4.90 Å². The molecule has 2 heteroatoms. The average Bonchev–Trinajstić information content (AvgIpc) is 3.03. The Morgan fingerprint density at radius 1 is 1.14 bits per heavy atom. The number of rotatable bonds is 5. The van der Waals surface area contributed by atoms with Gasteiger partial charge in [0.1, 0.15) is 5.75 Å². The summed E-state index contributed by atoms with van der Waals surface area (Å²) in [5, 5.41) is 0. The third-order valence-electron chi connectivity index (χ3n) is 4.66. The standard InChI is InChI=1S/C20H24NO/c1-16(18-9-6-10-20(13-18)22-2)19-11-12-21(15-19)14-17-7-4-3-5-8-17/h3-10,13,19H,11-12,14-15H2,1-2H3/t19-/m0/s1. The van der Waals surface area contributed by atoms with Gasteiger partial charge >= 0.3 is 0 Å². The van der Waals surface area contributed by atoms with Gasteiger partial charge in [0.05, 0.1) is 7.11 Å². The van der Waals surface area contributed by atoms with E-state index in [-0.39, 0.29) is 0 Å². The average molecular weight is 294 g/mol. The molecule has 0 unspecified atom stereocenters. The zero-order valence-electron chi connectivity index (χ0n) is 13.5. The molecule has 22 heavy (non-hydrogen) atoms. The van der Waals surface area contributed by atoms with Gasteiger partial charge in [0, 0.05) is 19.0 Å². The second-order valence-corrected chi connectivity index (χ2v) is 6.12. The molecule has 1 saturated heterocycles. The Balaban J connectivity index is 1.62. The van der Waals surface area contributed by atoms with E-state index < -0.39 is 0 Å². The Bertz CT molecular complexity index is 596. The van der Waals surface area contributed by atoms with Gasteiger partial charge < -0.3 is 4.74 Å². The highest BCUT2D eigenvalue weighted by Crippen LogP contribution is 2.32. The highest BCUT2D eigenvalue weighted by Gasteiger charge is 2.28. The second kappa shape index (κ2) is 6.97. The lowest BCUT2D eigenvalue weighted by Crippen LogP contribution is -2.21. The topological polar surface area (TPSA) is 12.5 Å². The van der Waals surface area contributed by atoms with Crippen LogP contribution in [-0.2, 0) is 6.54 Å². The van der Waals surface area contributed by atoms with Crippen molar-refractivity contribution in [1.29, 1.82) is 0 Å². The lowest BCUT2D eigenvalue weighted by Gasteiger charge is -2.21. The molecular weight excluding hydrogens is 270 g/mol. The number of hydrogen-bond donors (Lipinski definition) is 0. The molecule has 0 aromatic heterocycles. The first-order chi connectivity index (χ1) is 10.8. The SMILES string of the molecule is COc1cccc([C](C)[C@H]2CCN(Cc3ccccc3)C2)c1. The van der Waals surface area contributed by atoms with Crippen LogP contribution in [0, 0.1) is 11.8 Å². The van der Waals surface area contributed by atoms with Gasteiger partial charge in [-0.2, -0.15) is 0 Å². The quantitative estimate of drug-likeness (QED) is 0.821. The summed E-state index contributed by atoms with van der Waals surface area (Å²) in [6.07, 6.45) is 1.25. The Morgan fingerprint density at radius 3 is 2.73 bits per heavy atom. The molecule has 0 amide bonds. The summed E-state index contributed by atoms with van der Waals surface area (Å²) in [5.41, 5.74) is 2.72. The molecule has 2 aromatic carbocycles. The lowest BCUT2D eigenvalue weighted by atomic mass is 9.87. The van der Waals surface area contributed by atoms with Crippen molar-refractivity contribution in [1.82, 2.24) is 4.90 Å². The molecule has 1 heterocycles. The van der Waals surface area contributed by atoms with E-state index in [2.05, 4.69) is 60.4 Å². The van der Waals surface area contributed by atoms with E-state index in [0.717, 1.165) is 18.8 Å². The molecule has 0 saturated carbocycles. The third-order valence-corrected chi connectivity index (χ3v) is 4.66. The summed E-state index contributed by atoms with van der Waals surface area (Å²) in [4.78, 5) is 2.56. The minimum atomic E-state index is 0.649. The molecule has 3 rings (SSSR count). The van der Waals surface area contributed by atoms with Crippen LogP contribution in [0.25, 0.3) is 0 Å². The number of ether oxygens (including phenoxy) is 1. The van der Waals surface area contributed by atoms with Crippen molar-refractivity contribution in [2.45, 2.75) is 19.9 Å². The number of benzene rings is 2. The summed E-state index contributed by atoms with van der Waals surface area (Å²) < 4.78 is 5.34. The van der Waals surface area contributed by atoms with Gasteiger partial charge in [-0.25, -0.2) is 0 Å². The Morgan fingerprint density at radius 2 is 1.95 bits per heavy atom. The molecule has 1 aliphatic heterocycles. The first kappa shape index (κ1) is 15.1. The van der Waals surface area contributed by atoms with Crippen LogP contribution < -0.4 is 4.74 Å². The normalized spacial score (nSPS) is 18.8. The van der Waals surface area contributed by atoms with Crippen LogP contribution in [0.1, 0.15) is 24.5 Å². The fourth-order valence-electron chi connectivity index (χ4n) is 3.28. The Labute approximate surface area is 133 Å². The van der Waals surface area contributed by atoms with Crippen molar-refractivity contribution < 1.29 is 4.74 Å². The van der Waals surface area contributed by atoms with E-state index in [1.54, 1.807) is 7.11 Å². The number of nitrogens with zero attached hydrogens (tertiary/aromatic N) is 1. The molecule has 1 atom stereocenters. The number of hydrogen-bond acceptors (Lipinski definition) is 2. The fourth-order valence-corrected chi connectivity index (χ4v) is 3.28. The summed E-state index contributed by atoms with van der Waals surface area (Å²) in [6.45, 7) is 5.66. The predicted octanol–water partition coefficient (Wildman–Crippen LogP) is 4.16. The molecule has 1 fully saturated rings. The van der Waals surface area contributed by atoms with Crippen molar-refractivity contribution in [3.05, 3.63) is 71.6 Å². The Kier molecular flexibility index (Phi) is 4.79. The van der Waals surface area contributed by atoms with Crippen LogP contribution in [0.3, 0.4) is 0 Å². The lowest BCUT2D eigenvalue weighted by molar-refractivity contribution is 0.319. The molecule has 0 spiro atoms. The zero-order chi connectivity index (χ0) is 15.4. The zero-order valence-corrected chi connectivity index (χ0v) is 13.5. The molecule has 0 bridgehead atoms. The summed E-state index contributed by atoms with van der Waals surface area (Å²) in [7, 11) is 1.73. The van der Waals surface area contributed by atoms with Gasteiger partial charge in [-0.1, -0.05) is 49.4 Å². The van der Waals surface area contributed by atoms with Gasteiger partial charge in [0.25, 0.3) is 0 Å². The first-order valence-electron chi connectivity index (χ1n) is 8.00. The van der Waals surface area contributed by atoms with Crippen LogP contribution in [-0.4, -0.2) is 25.1 Å². The maximum Gasteiger partial charge on any atom is 0.119 e. The molecule has 1 aliphatic rings. The predicted molar refractivity (Wildman–Crippen MR) is 90.8 cm³/mol. The first-order valence-corrected chi connectivity index (χ1v) is 8.00. The largest absolute Gasteiger partial charge is 0.497 e. The highest BCUT2D eigenvalue weighted by atomic mass is 16.5. The summed E-state index contributed by atoms with van der Waals surface area (Å²) >= 11 is 0. The van der Waals surface area contributed by atoms with Crippen molar-refractivity contribution in [2.24, 2.45) is 5.92 Å². The summed E-state index contributed by atoms with van der Waals surface area (Å²) in [5.74, 6) is 3.07. The van der Waals surface area contributed by atoms with Crippen molar-refractivity contribution in [2.75, 3.05) is 20.2 Å². The molecule has 0 aliphatic carbocycles. The van der Waals surface area contributed by atoms with Gasteiger partial charge in [0.15, 0.2) is 0 Å². The van der Waals surface area contributed by atoms with Crippen LogP contribution in [0.4, 0.5) is 0 Å². The molecular formula is C20H24NO. The van der Waals surface area contributed by atoms with E-state index in [0.29, 0.717) is 5.92 Å². The highest BCUT2D eigenvalue weighted by molar-refractivity contribution is 5.37. The Hall–Kier alpha value is -1.80. The monoisotopic (exact) mass is 294 g/mol. The molecule has 0 N–H and O–H groups in total. The molecule has 1 radical (unpaired) electrons. The van der Waals surface area contributed by atoms with Gasteiger partial charge in [-0.15, -0.1) is 0 Å². The van der Waals surface area contributed by atoms with Crippen LogP contribution in [0.2, 0.25) is 0 Å². The maximum atomic E-state index is 5.34. The second-order valence-electron chi connectivity index (χ2n) is 6.12. The van der Waals surface area contributed by atoms with Crippen LogP contribution >= 0.6 is 0 Å². The van der Waals surface area contributed by atoms with Crippen LogP contribution in [0.15, 0.2) is 54.6 Å². The molecule has 2 aromatic rings. The number of likely N-dealkylation sites (tertiary alicyclic amines) is 1. The van der Waals surface area contributed by atoms with E-state index in [4.69, 9.17) is 4.74 Å². The number of methoxy groups -OCH3 is 1. The molecule has 2 nitrogen and oxygen atoms in total. The minimum absolute atomic E-state index is 0.649. The molecule has 115 valence electrons. The van der Waals surface area contributed by atoms with E-state index >= 15 is 0 Å². The fraction of sp³-hybridized carbons (Fsp3) is 0.350. The van der Waals surface area contributed by atoms with E-state index in [1.807, 2.05) is 6.07 Å². The third kappa shape index (κ3) is 3.50. The van der Waals surface area contributed by atoms with Crippen molar-refractivity contribution in [3.8, 4) is 5.75 Å². The van der Waals surface area contributed by atoms with Crippen LogP contribution in [0.5, 0.6) is 5.75 Å². The smallest absolute Gasteiger partial charge is 0.119 e. The summed E-state index contributed by atoms with van der Waals surface area (Å²) in [6, 6.07) is 19.2. The van der Waals surface area contributed by atoms with Crippen molar-refractivity contribution in [3.63, 3.8) is 0 Å². The van der Waals surface area contributed by atoms with Crippen molar-refractivity contribution >= 4 is 0 Å². The van der Waals surface area contributed by atoms with E-state index in [9.17, 15) is 0 Å². The van der Waals surface area contributed by atoms with Gasteiger partial charge in [-0.05, 0) is 42.1 Å². The minimum Gasteiger partial charge on any atom is -0.497 e.